The molecule has 8 aromatic carbocycles. The van der Waals surface area contributed by atoms with Gasteiger partial charge in [0.15, 0.2) is 45.9 Å². The highest BCUT2D eigenvalue weighted by Crippen LogP contribution is 2.47. The maximum Gasteiger partial charge on any atom is 0.254 e. The number of carbonyl (C=O) groups is 2. The minimum atomic E-state index is -0.599. The summed E-state index contributed by atoms with van der Waals surface area (Å²) in [6, 6.07) is 89.0. The van der Waals surface area contributed by atoms with Crippen LogP contribution >= 0.6 is 0 Å². The third-order valence-electron chi connectivity index (χ3n) is 29.0. The number of nitrogens with zero attached hydrogens (tertiary/aromatic N) is 18. The number of rotatable bonds is 20. The summed E-state index contributed by atoms with van der Waals surface area (Å²) >= 11 is 0. The van der Waals surface area contributed by atoms with Crippen molar-refractivity contribution in [3.8, 4) is 125 Å². The average molecular weight is 1970 g/mol. The fourth-order valence-electron chi connectivity index (χ4n) is 20.0. The molecule has 19 N–H and O–H groups in total. The maximum atomic E-state index is 14.3. The molecular formula is C116H104FN29O3. The lowest BCUT2D eigenvalue weighted by Crippen LogP contribution is -2.43. The van der Waals surface area contributed by atoms with E-state index in [1.807, 2.05) is 185 Å². The fraction of sp³-hybridized carbons (Fsp3) is 0.172. The topological polar surface area (TPSA) is 502 Å². The first kappa shape index (κ1) is 95.4. The first-order chi connectivity index (χ1) is 72.5. The maximum absolute atomic E-state index is 14.3. The summed E-state index contributed by atoms with van der Waals surface area (Å²) < 4.78 is 27.7. The number of anilines is 4. The summed E-state index contributed by atoms with van der Waals surface area (Å²) in [5.41, 5.74) is 74.7. The molecule has 0 spiro atoms. The molecule has 4 aliphatic rings. The number of hydrogen-bond donors (Lipinski definition) is 11. The van der Waals surface area contributed by atoms with E-state index in [2.05, 4.69) is 130 Å². The summed E-state index contributed by atoms with van der Waals surface area (Å²) in [6.45, 7) is 2.47. The normalized spacial score (nSPS) is 14.4. The van der Waals surface area contributed by atoms with Gasteiger partial charge in [-0.2, -0.15) is 10.4 Å². The number of ether oxygens (including phenoxy) is 1. The molecule has 2 amide bonds. The Morgan fingerprint density at radius 2 is 0.752 bits per heavy atom. The van der Waals surface area contributed by atoms with E-state index >= 15 is 0 Å². The Kier molecular flexibility index (Phi) is 25.1. The van der Waals surface area contributed by atoms with Gasteiger partial charge in [0.25, 0.3) is 11.8 Å². The van der Waals surface area contributed by atoms with Crippen molar-refractivity contribution >= 4 is 90.6 Å². The van der Waals surface area contributed by atoms with Gasteiger partial charge in [0.2, 0.25) is 0 Å². The van der Waals surface area contributed by atoms with E-state index in [4.69, 9.17) is 90.5 Å². The lowest BCUT2D eigenvalue weighted by atomic mass is 9.73. The summed E-state index contributed by atoms with van der Waals surface area (Å²) in [5, 5.41) is 23.4. The molecule has 0 radical (unpaired) electrons. The number of nitrogens with one attached hydrogen (secondary N) is 3. The Morgan fingerprint density at radius 1 is 0.403 bits per heavy atom. The molecule has 149 heavy (non-hydrogen) atoms. The fourth-order valence-corrected chi connectivity index (χ4v) is 20.0. The number of methoxy groups -OCH3 is 1. The van der Waals surface area contributed by atoms with Gasteiger partial charge in [-0.25, -0.2) is 64.2 Å². The number of hydrogen-bond acceptors (Lipinski definition) is 25. The lowest BCUT2D eigenvalue weighted by molar-refractivity contribution is 0.0949. The van der Waals surface area contributed by atoms with Crippen LogP contribution in [0.4, 0.5) is 27.7 Å². The Labute approximate surface area is 855 Å². The van der Waals surface area contributed by atoms with Crippen molar-refractivity contribution in [2.75, 3.05) is 43.6 Å². The Morgan fingerprint density at radius 3 is 1.11 bits per heavy atom. The predicted octanol–water partition coefficient (Wildman–Crippen LogP) is 19.3. The van der Waals surface area contributed by atoms with E-state index in [9.17, 15) is 19.2 Å². The average Bonchev–Trinajstić information content (AvgIpc) is 1.61. The zero-order valence-electron chi connectivity index (χ0n) is 81.8. The number of benzene rings is 8. The van der Waals surface area contributed by atoms with Crippen molar-refractivity contribution in [3.63, 3.8) is 0 Å². The van der Waals surface area contributed by atoms with Crippen molar-refractivity contribution in [1.29, 1.82) is 5.26 Å². The van der Waals surface area contributed by atoms with Gasteiger partial charge in [0, 0.05) is 116 Å². The van der Waals surface area contributed by atoms with E-state index in [-0.39, 0.29) is 33.6 Å². The second-order valence-electron chi connectivity index (χ2n) is 38.1. The van der Waals surface area contributed by atoms with Gasteiger partial charge in [0.05, 0.1) is 69.4 Å². The number of nitrogens with two attached hydrogens (primary N) is 8. The number of imidazole rings is 4. The van der Waals surface area contributed by atoms with E-state index in [1.165, 1.54) is 25.6 Å². The minimum absolute atomic E-state index is 0.0495. The molecule has 32 nitrogen and oxygen atoms in total. The van der Waals surface area contributed by atoms with Crippen LogP contribution in [0.2, 0.25) is 0 Å². The zero-order chi connectivity index (χ0) is 103. The van der Waals surface area contributed by atoms with Crippen LogP contribution in [0.3, 0.4) is 0 Å². The molecule has 33 heteroatoms. The molecule has 0 bridgehead atoms. The van der Waals surface area contributed by atoms with Crippen LogP contribution in [-0.4, -0.2) is 121 Å². The number of halogens is 1. The molecule has 21 aromatic rings. The number of nitrogen functional groups attached to an aromatic ring is 4. The second-order valence-corrected chi connectivity index (χ2v) is 38.1. The lowest BCUT2D eigenvalue weighted by Gasteiger charge is -2.38. The van der Waals surface area contributed by atoms with Gasteiger partial charge in [-0.3, -0.25) is 33.0 Å². The predicted molar refractivity (Wildman–Crippen MR) is 579 cm³/mol. The van der Waals surface area contributed by atoms with Gasteiger partial charge >= 0.3 is 0 Å². The molecule has 0 saturated heterocycles. The molecule has 4 fully saturated rings. The number of aromatic nitrogens is 18. The number of nitriles is 1. The SMILES string of the molecule is CCNC(=O)c1cccc(-c2ccc3nc(-c4cccnc4N)n(-c4ccc(C5(N)CCC5)cc4)c3n2)c1.CNC(=O)c1cc(-c2ccc3nc(-c4cccnc4N)n(-c4ccc(C5(N)CCC5)cc4)c3n2)ccc1F.COc1cccc(-c2ccc3nc(-c4cccnc4N)n(-c4ccc(C5(N)CCC5)cc4)c3n2)c1C#N.Nc1ncccc1-c1nc2ccc(-c3cccc4[nH]ncc34)nc2n1-c1ccc(C2(N)CCC2)cc1. The molecule has 13 heterocycles. The molecule has 4 saturated carbocycles. The molecule has 25 rings (SSSR count). The number of aromatic amines is 1. The standard InChI is InChI=1S/C30H29N7O.C29H26FN7O.C29H25N7O.C28H24N8/c1-2-33-29(38)20-7-3-6-19(18-20)24-13-14-25-28(35-24)37(27(36-25)23-8-4-17-34-26(23)31)22-11-9-21(10-12-22)30(32)15-5-16-30;1-33-28(38)21-16-17(5-10-22(21)30)23-11-12-24-27(35-23)37(26(36-24)20-4-2-15-34-25(20)31)19-8-6-18(7-9-19)29(32)13-3-14-29;1-37-25-7-2-5-20(22(25)17-30)23-12-13-24-28(34-23)36(27(35-24)21-6-3-16-33-26(21)31)19-10-8-18(9-11-19)29(32)14-4-15-29;29-25-20(5-2-15-31-25)26-34-24-12-11-22(19-4-1-6-23-21(19)16-32-35-23)33-27(24)36(26)18-9-7-17(8-10-18)28(30)13-3-14-28/h3-4,6-14,17-18H,2,5,15-16,32H2,1H3,(H2,31,34)(H,33,38);2,4-12,15-16H,3,13-14,32H2,1H3,(H2,31,34)(H,33,38);2-3,5-13,16H,4,14-15,32H2,1H3,(H2,31,33);1-2,4-12,15-16H,3,13-14,30H2,(H2,29,31)(H,32,35). The molecular weight excluding hydrogens is 1870 g/mol. The van der Waals surface area contributed by atoms with Crippen LogP contribution in [0.5, 0.6) is 5.75 Å². The summed E-state index contributed by atoms with van der Waals surface area (Å²) in [4.78, 5) is 81.3. The van der Waals surface area contributed by atoms with Crippen LogP contribution in [0.25, 0.3) is 169 Å². The number of carbonyl (C=O) groups excluding carboxylic acids is 2. The van der Waals surface area contributed by atoms with Crippen LogP contribution in [0, 0.1) is 17.1 Å². The first-order valence-corrected chi connectivity index (χ1v) is 49.4. The van der Waals surface area contributed by atoms with Crippen molar-refractivity contribution in [2.45, 2.75) is 106 Å². The van der Waals surface area contributed by atoms with Gasteiger partial charge in [-0.15, -0.1) is 0 Å². The summed E-state index contributed by atoms with van der Waals surface area (Å²) in [5.74, 6) is 3.42. The van der Waals surface area contributed by atoms with E-state index in [0.717, 1.165) is 177 Å². The quantitative estimate of drug-likeness (QED) is 0.0337. The number of H-pyrrole nitrogens is 1. The largest absolute Gasteiger partial charge is 0.495 e. The molecule has 738 valence electrons. The van der Waals surface area contributed by atoms with Crippen molar-refractivity contribution in [3.05, 3.63) is 349 Å². The second kappa shape index (κ2) is 39.2. The minimum Gasteiger partial charge on any atom is -0.495 e. The van der Waals surface area contributed by atoms with Crippen LogP contribution < -0.4 is 61.2 Å². The highest BCUT2D eigenvalue weighted by atomic mass is 19.1. The van der Waals surface area contributed by atoms with Crippen LogP contribution in [0.15, 0.2) is 304 Å². The molecule has 13 aromatic heterocycles. The number of amides is 2. The van der Waals surface area contributed by atoms with Gasteiger partial charge in [-0.05, 0) is 294 Å². The molecule has 0 aliphatic heterocycles. The smallest absolute Gasteiger partial charge is 0.254 e. The van der Waals surface area contributed by atoms with E-state index in [0.29, 0.717) is 132 Å². The summed E-state index contributed by atoms with van der Waals surface area (Å²) in [7, 11) is 3.01. The Bertz CT molecular complexity index is 8790. The highest BCUT2D eigenvalue weighted by molar-refractivity contribution is 5.99. The van der Waals surface area contributed by atoms with E-state index < -0.39 is 11.7 Å². The molecule has 0 atom stereocenters. The van der Waals surface area contributed by atoms with Gasteiger partial charge < -0.3 is 61.2 Å². The number of pyridine rings is 8. The third-order valence-corrected chi connectivity index (χ3v) is 29.0. The van der Waals surface area contributed by atoms with Crippen molar-refractivity contribution in [1.82, 2.24) is 98.9 Å². The molecule has 4 aliphatic carbocycles. The van der Waals surface area contributed by atoms with Crippen LogP contribution in [0.1, 0.15) is 133 Å². The zero-order valence-corrected chi connectivity index (χ0v) is 81.8. The van der Waals surface area contributed by atoms with Gasteiger partial charge in [0.1, 0.15) is 68.5 Å². The Balaban J connectivity index is 0.000000112. The van der Waals surface area contributed by atoms with Crippen molar-refractivity contribution in [2.24, 2.45) is 22.9 Å². The van der Waals surface area contributed by atoms with E-state index in [1.54, 1.807) is 56.2 Å². The van der Waals surface area contributed by atoms with Crippen LogP contribution in [-0.2, 0) is 22.2 Å². The molecule has 0 unspecified atom stereocenters. The Hall–Kier alpha value is -18.5. The highest BCUT2D eigenvalue weighted by Gasteiger charge is 2.39. The monoisotopic (exact) mass is 1970 g/mol. The summed E-state index contributed by atoms with van der Waals surface area (Å²) in [6.07, 6.45) is 21.0. The van der Waals surface area contributed by atoms with Gasteiger partial charge in [-0.1, -0.05) is 84.9 Å². The van der Waals surface area contributed by atoms with Crippen molar-refractivity contribution < 1.29 is 18.7 Å². The number of fused-ring (bicyclic) bond motifs is 5. The first-order valence-electron chi connectivity index (χ1n) is 49.4. The third kappa shape index (κ3) is 17.8.